The second-order valence-electron chi connectivity index (χ2n) is 4.67. The molecule has 0 saturated carbocycles. The van der Waals surface area contributed by atoms with Crippen LogP contribution in [0.2, 0.25) is 0 Å². The molecule has 0 aliphatic heterocycles. The molecule has 0 unspecified atom stereocenters. The first-order valence-electron chi connectivity index (χ1n) is 7.01. The molecule has 1 heterocycles. The molecular formula is C15H18N4O2S. The topological polar surface area (TPSA) is 84.0 Å². The van der Waals surface area contributed by atoms with Crippen LogP contribution in [0.4, 0.5) is 0 Å². The Bertz CT molecular complexity index is 672. The molecule has 0 saturated heterocycles. The summed E-state index contributed by atoms with van der Waals surface area (Å²) < 4.78 is 0. The maximum atomic E-state index is 11.9. The first-order chi connectivity index (χ1) is 10.6. The average Bonchev–Trinajstić information content (AvgIpc) is 2.53. The lowest BCUT2D eigenvalue weighted by Gasteiger charge is -2.13. The Morgan fingerprint density at radius 2 is 2.05 bits per heavy atom. The summed E-state index contributed by atoms with van der Waals surface area (Å²) in [6.45, 7) is 4.04. The zero-order chi connectivity index (χ0) is 15.9. The van der Waals surface area contributed by atoms with E-state index in [4.69, 9.17) is 0 Å². The highest BCUT2D eigenvalue weighted by atomic mass is 32.2. The molecule has 2 amide bonds. The molecule has 1 aromatic carbocycles. The van der Waals surface area contributed by atoms with Gasteiger partial charge in [-0.3, -0.25) is 9.59 Å². The summed E-state index contributed by atoms with van der Waals surface area (Å²) in [4.78, 5) is 31.9. The molecule has 0 spiro atoms. The molecule has 116 valence electrons. The molecule has 0 aliphatic carbocycles. The first-order valence-corrected chi connectivity index (χ1v) is 8.00. The van der Waals surface area contributed by atoms with Crippen LogP contribution in [-0.2, 0) is 9.59 Å². The quantitative estimate of drug-likeness (QED) is 0.621. The Labute approximate surface area is 133 Å². The fourth-order valence-electron chi connectivity index (χ4n) is 1.91. The maximum Gasteiger partial charge on any atom is 0.242 e. The number of hydrogen-bond acceptors (Lipinski definition) is 5. The van der Waals surface area contributed by atoms with Crippen LogP contribution in [0.25, 0.3) is 10.9 Å². The van der Waals surface area contributed by atoms with E-state index in [0.717, 1.165) is 15.9 Å². The predicted molar refractivity (Wildman–Crippen MR) is 86.6 cm³/mol. The van der Waals surface area contributed by atoms with Crippen molar-refractivity contribution in [2.24, 2.45) is 0 Å². The van der Waals surface area contributed by atoms with E-state index in [1.54, 1.807) is 6.92 Å². The molecule has 0 radical (unpaired) electrons. The molecule has 6 nitrogen and oxygen atoms in total. The van der Waals surface area contributed by atoms with Crippen LogP contribution in [0.15, 0.2) is 35.6 Å². The predicted octanol–water partition coefficient (Wildman–Crippen LogP) is 1.36. The minimum absolute atomic E-state index is 0.187. The Kier molecular flexibility index (Phi) is 5.71. The largest absolute Gasteiger partial charge is 0.355 e. The van der Waals surface area contributed by atoms with Gasteiger partial charge in [0, 0.05) is 11.9 Å². The zero-order valence-electron chi connectivity index (χ0n) is 12.5. The van der Waals surface area contributed by atoms with Gasteiger partial charge in [0.2, 0.25) is 11.8 Å². The number of benzene rings is 1. The van der Waals surface area contributed by atoms with Gasteiger partial charge in [-0.1, -0.05) is 30.0 Å². The minimum Gasteiger partial charge on any atom is -0.355 e. The van der Waals surface area contributed by atoms with Crippen molar-refractivity contribution in [3.8, 4) is 0 Å². The average molecular weight is 318 g/mol. The van der Waals surface area contributed by atoms with Gasteiger partial charge in [-0.05, 0) is 19.9 Å². The summed E-state index contributed by atoms with van der Waals surface area (Å²) in [5.41, 5.74) is 0.844. The molecule has 22 heavy (non-hydrogen) atoms. The van der Waals surface area contributed by atoms with Crippen LogP contribution in [0.1, 0.15) is 13.8 Å². The Balaban J connectivity index is 1.94. The van der Waals surface area contributed by atoms with Crippen molar-refractivity contribution in [1.29, 1.82) is 0 Å². The van der Waals surface area contributed by atoms with E-state index < -0.39 is 6.04 Å². The Hall–Kier alpha value is -2.15. The molecule has 2 N–H and O–H groups in total. The molecular weight excluding hydrogens is 300 g/mol. The number of likely N-dealkylation sites (N-methyl/N-ethyl adjacent to an activating group) is 1. The monoisotopic (exact) mass is 318 g/mol. The summed E-state index contributed by atoms with van der Waals surface area (Å²) in [6, 6.07) is 7.10. The number of para-hydroxylation sites is 1. The number of thioether (sulfide) groups is 1. The molecule has 7 heteroatoms. The Morgan fingerprint density at radius 3 is 2.82 bits per heavy atom. The zero-order valence-corrected chi connectivity index (χ0v) is 13.3. The fraction of sp³-hybridized carbons (Fsp3) is 0.333. The summed E-state index contributed by atoms with van der Waals surface area (Å²) >= 11 is 1.33. The van der Waals surface area contributed by atoms with Crippen molar-refractivity contribution in [2.75, 3.05) is 12.3 Å². The molecule has 1 aromatic heterocycles. The van der Waals surface area contributed by atoms with Gasteiger partial charge >= 0.3 is 0 Å². The second-order valence-corrected chi connectivity index (χ2v) is 5.63. The van der Waals surface area contributed by atoms with E-state index in [9.17, 15) is 9.59 Å². The number of carbonyl (C=O) groups excluding carboxylic acids is 2. The van der Waals surface area contributed by atoms with E-state index >= 15 is 0 Å². The van der Waals surface area contributed by atoms with Crippen LogP contribution >= 0.6 is 11.8 Å². The summed E-state index contributed by atoms with van der Waals surface area (Å²) in [7, 11) is 0. The molecule has 0 fully saturated rings. The van der Waals surface area contributed by atoms with Gasteiger partial charge in [-0.25, -0.2) is 9.97 Å². The van der Waals surface area contributed by atoms with Crippen molar-refractivity contribution in [2.45, 2.75) is 24.9 Å². The van der Waals surface area contributed by atoms with Crippen molar-refractivity contribution < 1.29 is 9.59 Å². The molecule has 0 aliphatic rings. The normalized spacial score (nSPS) is 11.9. The van der Waals surface area contributed by atoms with Crippen molar-refractivity contribution >= 4 is 34.5 Å². The van der Waals surface area contributed by atoms with Crippen LogP contribution in [-0.4, -0.2) is 40.1 Å². The smallest absolute Gasteiger partial charge is 0.242 e. The van der Waals surface area contributed by atoms with Gasteiger partial charge in [0.25, 0.3) is 0 Å². The lowest BCUT2D eigenvalue weighted by atomic mass is 10.2. The third-order valence-electron chi connectivity index (χ3n) is 2.97. The van der Waals surface area contributed by atoms with Crippen LogP contribution < -0.4 is 10.6 Å². The van der Waals surface area contributed by atoms with Gasteiger partial charge in [-0.15, -0.1) is 0 Å². The van der Waals surface area contributed by atoms with Crippen molar-refractivity contribution in [3.05, 3.63) is 30.6 Å². The van der Waals surface area contributed by atoms with Crippen LogP contribution in [0.5, 0.6) is 0 Å². The van der Waals surface area contributed by atoms with Gasteiger partial charge < -0.3 is 10.6 Å². The van der Waals surface area contributed by atoms with Crippen molar-refractivity contribution in [1.82, 2.24) is 20.6 Å². The first kappa shape index (κ1) is 16.2. The highest BCUT2D eigenvalue weighted by Crippen LogP contribution is 2.23. The van der Waals surface area contributed by atoms with Gasteiger partial charge in [0.1, 0.15) is 17.4 Å². The van der Waals surface area contributed by atoms with Gasteiger partial charge in [0.15, 0.2) is 0 Å². The lowest BCUT2D eigenvalue weighted by Crippen LogP contribution is -2.45. The SMILES string of the molecule is CCNC(=O)[C@H](C)NC(=O)CSc1ncnc2ccccc12. The van der Waals surface area contributed by atoms with Crippen molar-refractivity contribution in [3.63, 3.8) is 0 Å². The number of nitrogens with one attached hydrogen (secondary N) is 2. The molecule has 2 aromatic rings. The fourth-order valence-corrected chi connectivity index (χ4v) is 2.71. The van der Waals surface area contributed by atoms with Gasteiger partial charge in [-0.2, -0.15) is 0 Å². The van der Waals surface area contributed by atoms with E-state index in [2.05, 4.69) is 20.6 Å². The number of rotatable bonds is 6. The standard InChI is InChI=1S/C15H18N4O2S/c1-3-16-14(21)10(2)19-13(20)8-22-15-11-6-4-5-7-12(11)17-9-18-15/h4-7,9-10H,3,8H2,1-2H3,(H,16,21)(H,19,20)/t10-/m0/s1. The summed E-state index contributed by atoms with van der Waals surface area (Å²) in [5, 5.41) is 7.01. The summed E-state index contributed by atoms with van der Waals surface area (Å²) in [5.74, 6) is -0.190. The van der Waals surface area contributed by atoms with E-state index in [-0.39, 0.29) is 17.6 Å². The molecule has 1 atom stereocenters. The number of fused-ring (bicyclic) bond motifs is 1. The number of nitrogens with zero attached hydrogens (tertiary/aromatic N) is 2. The third-order valence-corrected chi connectivity index (χ3v) is 3.97. The van der Waals surface area contributed by atoms with E-state index in [1.165, 1.54) is 18.1 Å². The number of hydrogen-bond donors (Lipinski definition) is 2. The van der Waals surface area contributed by atoms with E-state index in [1.807, 2.05) is 31.2 Å². The molecule has 0 bridgehead atoms. The van der Waals surface area contributed by atoms with Crippen LogP contribution in [0.3, 0.4) is 0 Å². The minimum atomic E-state index is -0.546. The summed E-state index contributed by atoms with van der Waals surface area (Å²) in [6.07, 6.45) is 1.49. The Morgan fingerprint density at radius 1 is 1.27 bits per heavy atom. The lowest BCUT2D eigenvalue weighted by molar-refractivity contribution is -0.127. The number of amides is 2. The number of carbonyl (C=O) groups is 2. The molecule has 2 rings (SSSR count). The number of aromatic nitrogens is 2. The second kappa shape index (κ2) is 7.74. The highest BCUT2D eigenvalue weighted by Gasteiger charge is 2.15. The van der Waals surface area contributed by atoms with Crippen LogP contribution in [0, 0.1) is 0 Å². The van der Waals surface area contributed by atoms with Gasteiger partial charge in [0.05, 0.1) is 11.3 Å². The third kappa shape index (κ3) is 4.17. The van der Waals surface area contributed by atoms with E-state index in [0.29, 0.717) is 6.54 Å². The highest BCUT2D eigenvalue weighted by molar-refractivity contribution is 8.00. The maximum absolute atomic E-state index is 11.9.